The van der Waals surface area contributed by atoms with Crippen LogP contribution in [-0.4, -0.2) is 26.2 Å². The number of aliphatic hydroxyl groups is 1. The van der Waals surface area contributed by atoms with Crippen molar-refractivity contribution >= 4 is 10.0 Å². The second kappa shape index (κ2) is 5.65. The summed E-state index contributed by atoms with van der Waals surface area (Å²) in [5.74, 6) is 0.0773. The van der Waals surface area contributed by atoms with Crippen molar-refractivity contribution in [2.75, 3.05) is 6.61 Å². The van der Waals surface area contributed by atoms with Crippen LogP contribution in [0.1, 0.15) is 12.8 Å². The summed E-state index contributed by atoms with van der Waals surface area (Å²) in [7, 11) is -3.47. The van der Waals surface area contributed by atoms with Gasteiger partial charge in [0.25, 0.3) is 0 Å². The Balaban J connectivity index is 2.10. The largest absolute Gasteiger partial charge is 0.396 e. The molecule has 0 bridgehead atoms. The lowest BCUT2D eigenvalue weighted by Gasteiger charge is -2.20. The monoisotopic (exact) mass is 267 g/mol. The lowest BCUT2D eigenvalue weighted by molar-refractivity contribution is 0.260. The molecule has 1 aliphatic rings. The molecule has 0 aromatic heterocycles. The van der Waals surface area contributed by atoms with E-state index in [0.717, 1.165) is 0 Å². The fourth-order valence-electron chi connectivity index (χ4n) is 2.16. The van der Waals surface area contributed by atoms with Crippen LogP contribution in [0.4, 0.5) is 0 Å². The van der Waals surface area contributed by atoms with Gasteiger partial charge in [-0.2, -0.15) is 0 Å². The SMILES string of the molecule is O=S(=O)(N[C@@H]1CC=C[C@H]1CCO)c1ccccc1. The van der Waals surface area contributed by atoms with E-state index in [4.69, 9.17) is 5.11 Å². The average Bonchev–Trinajstić information content (AvgIpc) is 2.78. The Morgan fingerprint density at radius 3 is 2.67 bits per heavy atom. The standard InChI is InChI=1S/C13H17NO3S/c15-10-9-11-5-4-8-13(11)14-18(16,17)12-6-2-1-3-7-12/h1-7,11,13-15H,8-10H2/t11-,13+/m0/s1. The third-order valence-corrected chi connectivity index (χ3v) is 4.62. The van der Waals surface area contributed by atoms with Gasteiger partial charge in [0.1, 0.15) is 0 Å². The van der Waals surface area contributed by atoms with Crippen molar-refractivity contribution in [2.45, 2.75) is 23.8 Å². The molecule has 0 radical (unpaired) electrons. The second-order valence-electron chi connectivity index (χ2n) is 4.38. The van der Waals surface area contributed by atoms with E-state index in [9.17, 15) is 8.42 Å². The molecule has 2 N–H and O–H groups in total. The smallest absolute Gasteiger partial charge is 0.240 e. The number of rotatable bonds is 5. The molecular weight excluding hydrogens is 250 g/mol. The highest BCUT2D eigenvalue weighted by atomic mass is 32.2. The molecule has 1 aromatic carbocycles. The van der Waals surface area contributed by atoms with Crippen LogP contribution in [0.25, 0.3) is 0 Å². The number of hydrogen-bond acceptors (Lipinski definition) is 3. The molecule has 4 nitrogen and oxygen atoms in total. The first kappa shape index (κ1) is 13.3. The summed E-state index contributed by atoms with van der Waals surface area (Å²) in [6, 6.07) is 8.18. The van der Waals surface area contributed by atoms with Crippen LogP contribution in [-0.2, 0) is 10.0 Å². The van der Waals surface area contributed by atoms with Gasteiger partial charge < -0.3 is 5.11 Å². The lowest BCUT2D eigenvalue weighted by Crippen LogP contribution is -2.37. The first-order chi connectivity index (χ1) is 8.63. The number of aliphatic hydroxyl groups excluding tert-OH is 1. The molecule has 0 aliphatic heterocycles. The van der Waals surface area contributed by atoms with Crippen LogP contribution < -0.4 is 4.72 Å². The molecule has 1 aromatic rings. The van der Waals surface area contributed by atoms with E-state index in [1.165, 1.54) is 0 Å². The highest BCUT2D eigenvalue weighted by molar-refractivity contribution is 7.89. The Morgan fingerprint density at radius 1 is 1.28 bits per heavy atom. The van der Waals surface area contributed by atoms with Gasteiger partial charge in [0.2, 0.25) is 10.0 Å². The Labute approximate surface area is 107 Å². The van der Waals surface area contributed by atoms with Crippen LogP contribution >= 0.6 is 0 Å². The molecule has 18 heavy (non-hydrogen) atoms. The quantitative estimate of drug-likeness (QED) is 0.790. The Hall–Kier alpha value is -1.17. The van der Waals surface area contributed by atoms with Gasteiger partial charge in [0.15, 0.2) is 0 Å². The van der Waals surface area contributed by atoms with Crippen LogP contribution in [0.5, 0.6) is 0 Å². The van der Waals surface area contributed by atoms with E-state index in [1.54, 1.807) is 30.3 Å². The van der Waals surface area contributed by atoms with Gasteiger partial charge in [0.05, 0.1) is 4.90 Å². The molecule has 2 rings (SSSR count). The predicted octanol–water partition coefficient (Wildman–Crippen LogP) is 1.29. The third kappa shape index (κ3) is 2.98. The maximum Gasteiger partial charge on any atom is 0.240 e. The van der Waals surface area contributed by atoms with Gasteiger partial charge in [-0.15, -0.1) is 0 Å². The molecule has 0 spiro atoms. The highest BCUT2D eigenvalue weighted by Crippen LogP contribution is 2.23. The van der Waals surface area contributed by atoms with Gasteiger partial charge in [-0.05, 0) is 30.9 Å². The van der Waals surface area contributed by atoms with Crippen molar-refractivity contribution in [1.82, 2.24) is 4.72 Å². The molecule has 98 valence electrons. The van der Waals surface area contributed by atoms with Gasteiger partial charge in [-0.25, -0.2) is 13.1 Å². The number of sulfonamides is 1. The minimum absolute atomic E-state index is 0.0680. The minimum Gasteiger partial charge on any atom is -0.396 e. The predicted molar refractivity (Wildman–Crippen MR) is 69.5 cm³/mol. The third-order valence-electron chi connectivity index (χ3n) is 3.11. The molecule has 0 saturated carbocycles. The summed E-state index contributed by atoms with van der Waals surface area (Å²) in [5, 5.41) is 8.95. The first-order valence-corrected chi connectivity index (χ1v) is 7.47. The van der Waals surface area contributed by atoms with Gasteiger partial charge in [-0.1, -0.05) is 30.4 Å². The Bertz CT molecular complexity index is 510. The Kier molecular flexibility index (Phi) is 4.16. The maximum atomic E-state index is 12.1. The van der Waals surface area contributed by atoms with Gasteiger partial charge in [0, 0.05) is 12.6 Å². The fourth-order valence-corrected chi connectivity index (χ4v) is 3.48. The van der Waals surface area contributed by atoms with Crippen molar-refractivity contribution in [3.8, 4) is 0 Å². The van der Waals surface area contributed by atoms with Crippen LogP contribution in [0, 0.1) is 5.92 Å². The fraction of sp³-hybridized carbons (Fsp3) is 0.385. The topological polar surface area (TPSA) is 66.4 Å². The number of benzene rings is 1. The number of nitrogens with one attached hydrogen (secondary N) is 1. The number of hydrogen-bond donors (Lipinski definition) is 2. The molecule has 0 saturated heterocycles. The summed E-state index contributed by atoms with van der Waals surface area (Å²) in [4.78, 5) is 0.277. The minimum atomic E-state index is -3.47. The van der Waals surface area contributed by atoms with E-state index < -0.39 is 10.0 Å². The van der Waals surface area contributed by atoms with E-state index in [1.807, 2.05) is 12.2 Å². The van der Waals surface area contributed by atoms with Crippen molar-refractivity contribution in [1.29, 1.82) is 0 Å². The first-order valence-electron chi connectivity index (χ1n) is 5.98. The average molecular weight is 267 g/mol. The van der Waals surface area contributed by atoms with Gasteiger partial charge >= 0.3 is 0 Å². The molecule has 1 aliphatic carbocycles. The highest BCUT2D eigenvalue weighted by Gasteiger charge is 2.27. The lowest BCUT2D eigenvalue weighted by atomic mass is 10.0. The molecule has 0 heterocycles. The van der Waals surface area contributed by atoms with Crippen molar-refractivity contribution in [3.05, 3.63) is 42.5 Å². The molecule has 2 atom stereocenters. The Morgan fingerprint density at radius 2 is 2.00 bits per heavy atom. The molecule has 0 unspecified atom stereocenters. The van der Waals surface area contributed by atoms with E-state index in [-0.39, 0.29) is 23.5 Å². The van der Waals surface area contributed by atoms with E-state index in [0.29, 0.717) is 12.8 Å². The van der Waals surface area contributed by atoms with Crippen LogP contribution in [0.3, 0.4) is 0 Å². The van der Waals surface area contributed by atoms with Crippen LogP contribution in [0.2, 0.25) is 0 Å². The van der Waals surface area contributed by atoms with E-state index in [2.05, 4.69) is 4.72 Å². The zero-order valence-corrected chi connectivity index (χ0v) is 10.8. The van der Waals surface area contributed by atoms with Crippen molar-refractivity contribution in [3.63, 3.8) is 0 Å². The summed E-state index contributed by atoms with van der Waals surface area (Å²) >= 11 is 0. The zero-order valence-electron chi connectivity index (χ0n) is 9.99. The van der Waals surface area contributed by atoms with Crippen molar-refractivity contribution in [2.24, 2.45) is 5.92 Å². The van der Waals surface area contributed by atoms with Crippen molar-refractivity contribution < 1.29 is 13.5 Å². The normalized spacial score (nSPS) is 23.4. The van der Waals surface area contributed by atoms with E-state index >= 15 is 0 Å². The molecule has 5 heteroatoms. The summed E-state index contributed by atoms with van der Waals surface area (Å²) in [5.41, 5.74) is 0. The summed E-state index contributed by atoms with van der Waals surface area (Å²) < 4.78 is 27.0. The maximum absolute atomic E-state index is 12.1. The van der Waals surface area contributed by atoms with Crippen LogP contribution in [0.15, 0.2) is 47.4 Å². The summed E-state index contributed by atoms with van der Waals surface area (Å²) in [6.07, 6.45) is 5.18. The summed E-state index contributed by atoms with van der Waals surface area (Å²) in [6.45, 7) is 0.0680. The van der Waals surface area contributed by atoms with Gasteiger partial charge in [-0.3, -0.25) is 0 Å². The second-order valence-corrected chi connectivity index (χ2v) is 6.09. The molecule has 0 amide bonds. The molecular formula is C13H17NO3S. The zero-order chi connectivity index (χ0) is 13.0. The molecule has 0 fully saturated rings.